The molecule has 1 fully saturated rings. The predicted molar refractivity (Wildman–Crippen MR) is 129 cm³/mol. The molecular weight excluding hydrogens is 418 g/mol. The molecule has 5 rings (SSSR count). The average Bonchev–Trinajstić information content (AvgIpc) is 3.44. The highest BCUT2D eigenvalue weighted by Crippen LogP contribution is 2.42. The van der Waals surface area contributed by atoms with E-state index in [1.807, 2.05) is 80.1 Å². The molecule has 32 heavy (non-hydrogen) atoms. The van der Waals surface area contributed by atoms with Gasteiger partial charge in [0.1, 0.15) is 17.6 Å². The van der Waals surface area contributed by atoms with Gasteiger partial charge in [0.15, 0.2) is 5.11 Å². The van der Waals surface area contributed by atoms with Crippen molar-refractivity contribution in [2.45, 2.75) is 19.0 Å². The van der Waals surface area contributed by atoms with Crippen LogP contribution < -0.4 is 15.0 Å². The maximum Gasteiger partial charge on any atom is 0.174 e. The Balaban J connectivity index is 1.66. The number of rotatable bonds is 5. The molecule has 3 aromatic heterocycles. The van der Waals surface area contributed by atoms with Crippen molar-refractivity contribution < 1.29 is 4.74 Å². The van der Waals surface area contributed by atoms with Crippen molar-refractivity contribution in [3.63, 3.8) is 0 Å². The Labute approximate surface area is 192 Å². The van der Waals surface area contributed by atoms with E-state index in [9.17, 15) is 0 Å². The van der Waals surface area contributed by atoms with Gasteiger partial charge < -0.3 is 19.5 Å². The minimum atomic E-state index is -0.136. The minimum Gasteiger partial charge on any atom is -0.497 e. The van der Waals surface area contributed by atoms with E-state index in [-0.39, 0.29) is 12.1 Å². The lowest BCUT2D eigenvalue weighted by Gasteiger charge is -2.29. The molecule has 1 N–H and O–H groups in total. The van der Waals surface area contributed by atoms with Crippen LogP contribution in [0.25, 0.3) is 5.82 Å². The summed E-state index contributed by atoms with van der Waals surface area (Å²) in [6.07, 6.45) is 5.73. The second-order valence-electron chi connectivity index (χ2n) is 7.69. The van der Waals surface area contributed by atoms with Gasteiger partial charge in [-0.2, -0.15) is 0 Å². The first-order chi connectivity index (χ1) is 15.7. The summed E-state index contributed by atoms with van der Waals surface area (Å²) in [5.74, 6) is 1.64. The number of nitrogens with zero attached hydrogens (tertiary/aromatic N) is 4. The van der Waals surface area contributed by atoms with Crippen LogP contribution in [-0.4, -0.2) is 26.8 Å². The number of methoxy groups -OCH3 is 1. The van der Waals surface area contributed by atoms with Crippen molar-refractivity contribution in [3.05, 3.63) is 102 Å². The molecule has 0 amide bonds. The molecule has 4 heterocycles. The molecule has 0 spiro atoms. The van der Waals surface area contributed by atoms with Crippen molar-refractivity contribution in [3.8, 4) is 11.6 Å². The van der Waals surface area contributed by atoms with Crippen molar-refractivity contribution in [2.75, 3.05) is 12.0 Å². The molecule has 0 saturated carbocycles. The Bertz CT molecular complexity index is 1240. The number of pyridine rings is 2. The molecule has 1 saturated heterocycles. The smallest absolute Gasteiger partial charge is 0.174 e. The van der Waals surface area contributed by atoms with Crippen molar-refractivity contribution >= 4 is 23.0 Å². The second kappa shape index (κ2) is 8.43. The summed E-state index contributed by atoms with van der Waals surface area (Å²) in [6.45, 7) is 2.04. The molecule has 4 aromatic rings. The summed E-state index contributed by atoms with van der Waals surface area (Å²) in [5.41, 5.74) is 4.06. The van der Waals surface area contributed by atoms with E-state index in [0.29, 0.717) is 5.11 Å². The second-order valence-corrected chi connectivity index (χ2v) is 8.08. The fourth-order valence-electron chi connectivity index (χ4n) is 4.14. The third kappa shape index (κ3) is 3.61. The van der Waals surface area contributed by atoms with Gasteiger partial charge in [-0.15, -0.1) is 0 Å². The zero-order valence-corrected chi connectivity index (χ0v) is 18.7. The molecule has 1 aliphatic heterocycles. The molecule has 2 atom stereocenters. The number of aryl methyl sites for hydroxylation is 1. The van der Waals surface area contributed by atoms with Crippen LogP contribution in [0.15, 0.2) is 85.3 Å². The maximum absolute atomic E-state index is 5.83. The van der Waals surface area contributed by atoms with Crippen LogP contribution in [0.5, 0.6) is 5.75 Å². The number of ether oxygens (including phenoxy) is 1. The molecule has 0 unspecified atom stereocenters. The molecular formula is C25H23N5OS. The monoisotopic (exact) mass is 441 g/mol. The summed E-state index contributed by atoms with van der Waals surface area (Å²) in [5, 5.41) is 4.14. The molecule has 6 nitrogen and oxygen atoms in total. The highest BCUT2D eigenvalue weighted by Gasteiger charge is 2.42. The van der Waals surface area contributed by atoms with E-state index in [1.165, 1.54) is 0 Å². The zero-order valence-electron chi connectivity index (χ0n) is 17.8. The third-order valence-electron chi connectivity index (χ3n) is 5.66. The third-order valence-corrected chi connectivity index (χ3v) is 5.97. The van der Waals surface area contributed by atoms with Gasteiger partial charge in [0.05, 0.1) is 18.8 Å². The Morgan fingerprint density at radius 2 is 1.91 bits per heavy atom. The Hall–Kier alpha value is -3.71. The van der Waals surface area contributed by atoms with E-state index in [0.717, 1.165) is 34.2 Å². The van der Waals surface area contributed by atoms with E-state index in [4.69, 9.17) is 17.0 Å². The predicted octanol–water partition coefficient (Wildman–Crippen LogP) is 4.76. The number of aromatic nitrogens is 3. The van der Waals surface area contributed by atoms with Crippen LogP contribution in [0, 0.1) is 6.92 Å². The standard InChI is InChI=1S/C25H23N5OS/c1-17-11-12-22(27-16-17)29-14-6-10-21(29)24-23(20-9-3-4-13-26-20)28-25(32)30(24)18-7-5-8-19(15-18)31-2/h3-16,23-24H,1-2H3,(H,28,32)/t23-,24+/m1/s1. The van der Waals surface area contributed by atoms with Gasteiger partial charge in [-0.25, -0.2) is 4.98 Å². The van der Waals surface area contributed by atoms with Crippen molar-refractivity contribution in [1.82, 2.24) is 19.9 Å². The molecule has 0 bridgehead atoms. The molecule has 1 aliphatic rings. The first-order valence-corrected chi connectivity index (χ1v) is 10.8. The van der Waals surface area contributed by atoms with Gasteiger partial charge in [-0.05, 0) is 67.2 Å². The molecule has 7 heteroatoms. The number of anilines is 1. The first-order valence-electron chi connectivity index (χ1n) is 10.4. The van der Waals surface area contributed by atoms with Gasteiger partial charge in [0.25, 0.3) is 0 Å². The number of hydrogen-bond acceptors (Lipinski definition) is 4. The quantitative estimate of drug-likeness (QED) is 0.451. The SMILES string of the molecule is COc1cccc(N2C(=S)N[C@H](c3ccccn3)[C@@H]2c2cccn2-c2ccc(C)cn2)c1. The van der Waals surface area contributed by atoms with Crippen LogP contribution in [-0.2, 0) is 0 Å². The van der Waals surface area contributed by atoms with Crippen molar-refractivity contribution in [1.29, 1.82) is 0 Å². The van der Waals surface area contributed by atoms with Crippen LogP contribution in [0.1, 0.15) is 29.0 Å². The molecule has 1 aromatic carbocycles. The van der Waals surface area contributed by atoms with Crippen LogP contribution >= 0.6 is 12.2 Å². The molecule has 160 valence electrons. The molecule has 0 radical (unpaired) electrons. The van der Waals surface area contributed by atoms with Gasteiger partial charge in [0.2, 0.25) is 0 Å². The number of nitrogens with one attached hydrogen (secondary N) is 1. The average molecular weight is 442 g/mol. The summed E-state index contributed by atoms with van der Waals surface area (Å²) in [7, 11) is 1.67. The normalized spacial score (nSPS) is 17.9. The fourth-order valence-corrected chi connectivity index (χ4v) is 4.49. The van der Waals surface area contributed by atoms with Gasteiger partial charge in [-0.3, -0.25) is 4.98 Å². The Morgan fingerprint density at radius 3 is 2.66 bits per heavy atom. The number of hydrogen-bond donors (Lipinski definition) is 1. The summed E-state index contributed by atoms with van der Waals surface area (Å²) < 4.78 is 7.59. The van der Waals surface area contributed by atoms with Gasteiger partial charge >= 0.3 is 0 Å². The zero-order chi connectivity index (χ0) is 22.1. The highest BCUT2D eigenvalue weighted by molar-refractivity contribution is 7.80. The molecule has 0 aliphatic carbocycles. The van der Waals surface area contributed by atoms with Crippen LogP contribution in [0.3, 0.4) is 0 Å². The summed E-state index contributed by atoms with van der Waals surface area (Å²) in [4.78, 5) is 11.4. The Kier molecular flexibility index (Phi) is 5.33. The summed E-state index contributed by atoms with van der Waals surface area (Å²) in [6, 6.07) is 21.9. The number of benzene rings is 1. The Morgan fingerprint density at radius 1 is 1.00 bits per heavy atom. The van der Waals surface area contributed by atoms with E-state index in [2.05, 4.69) is 36.9 Å². The lowest BCUT2D eigenvalue weighted by Crippen LogP contribution is -2.30. The lowest BCUT2D eigenvalue weighted by atomic mass is 10.0. The topological polar surface area (TPSA) is 55.2 Å². The largest absolute Gasteiger partial charge is 0.497 e. The van der Waals surface area contributed by atoms with E-state index in [1.54, 1.807) is 7.11 Å². The van der Waals surface area contributed by atoms with Gasteiger partial charge in [-0.1, -0.05) is 18.2 Å². The van der Waals surface area contributed by atoms with Gasteiger partial charge in [0, 0.05) is 36.0 Å². The lowest BCUT2D eigenvalue weighted by molar-refractivity contribution is 0.414. The van der Waals surface area contributed by atoms with Crippen molar-refractivity contribution in [2.24, 2.45) is 0 Å². The maximum atomic E-state index is 5.83. The van der Waals surface area contributed by atoms with E-state index >= 15 is 0 Å². The van der Waals surface area contributed by atoms with E-state index < -0.39 is 0 Å². The van der Waals surface area contributed by atoms with Crippen LogP contribution in [0.2, 0.25) is 0 Å². The minimum absolute atomic E-state index is 0.131. The highest BCUT2D eigenvalue weighted by atomic mass is 32.1. The fraction of sp³-hybridized carbons (Fsp3) is 0.160. The first kappa shape index (κ1) is 20.2. The van der Waals surface area contributed by atoms with Crippen LogP contribution in [0.4, 0.5) is 5.69 Å². The summed E-state index contributed by atoms with van der Waals surface area (Å²) >= 11 is 5.83. The number of thiocarbonyl (C=S) groups is 1.